The van der Waals surface area contributed by atoms with Crippen LogP contribution in [0.3, 0.4) is 0 Å². The van der Waals surface area contributed by atoms with E-state index in [1.165, 1.54) is 12.1 Å². The van der Waals surface area contributed by atoms with Gasteiger partial charge in [0.2, 0.25) is 0 Å². The molecule has 1 atom stereocenters. The molecule has 5 heteroatoms. The summed E-state index contributed by atoms with van der Waals surface area (Å²) < 4.78 is 31.9. The molecule has 2 fully saturated rings. The third kappa shape index (κ3) is 3.16. The molecular formula is C17H24F2N2O. The van der Waals surface area contributed by atoms with Gasteiger partial charge in [-0.2, -0.15) is 0 Å². The van der Waals surface area contributed by atoms with E-state index in [-0.39, 0.29) is 0 Å². The number of rotatable bonds is 4. The third-order valence-corrected chi connectivity index (χ3v) is 5.24. The highest BCUT2D eigenvalue weighted by atomic mass is 19.2. The molecule has 2 saturated heterocycles. The van der Waals surface area contributed by atoms with Crippen molar-refractivity contribution in [2.45, 2.75) is 19.4 Å². The van der Waals surface area contributed by atoms with Crippen molar-refractivity contribution >= 4 is 0 Å². The Balaban J connectivity index is 1.71. The Bertz CT molecular complexity index is 517. The van der Waals surface area contributed by atoms with Crippen molar-refractivity contribution in [3.8, 4) is 0 Å². The van der Waals surface area contributed by atoms with Gasteiger partial charge in [0.15, 0.2) is 11.6 Å². The number of hydrogen-bond acceptors (Lipinski definition) is 3. The molecule has 3 nitrogen and oxygen atoms in total. The lowest BCUT2D eigenvalue weighted by Crippen LogP contribution is -2.43. The van der Waals surface area contributed by atoms with E-state index < -0.39 is 11.6 Å². The van der Waals surface area contributed by atoms with Crippen molar-refractivity contribution in [3.63, 3.8) is 0 Å². The maximum atomic E-state index is 13.4. The summed E-state index contributed by atoms with van der Waals surface area (Å²) in [5.74, 6) is -1.02. The molecule has 2 aliphatic heterocycles. The molecule has 1 spiro atoms. The number of benzene rings is 1. The van der Waals surface area contributed by atoms with Crippen LogP contribution < -0.4 is 5.32 Å². The molecule has 3 rings (SSSR count). The summed E-state index contributed by atoms with van der Waals surface area (Å²) in [7, 11) is 1.76. The molecule has 1 unspecified atom stereocenters. The Labute approximate surface area is 130 Å². The fourth-order valence-electron chi connectivity index (χ4n) is 4.08. The molecule has 2 heterocycles. The fourth-order valence-corrected chi connectivity index (χ4v) is 4.08. The van der Waals surface area contributed by atoms with Gasteiger partial charge in [-0.05, 0) is 49.0 Å². The minimum atomic E-state index is -0.780. The van der Waals surface area contributed by atoms with Crippen LogP contribution in [-0.4, -0.2) is 44.8 Å². The van der Waals surface area contributed by atoms with Gasteiger partial charge < -0.3 is 10.1 Å². The Morgan fingerprint density at radius 3 is 2.73 bits per heavy atom. The predicted octanol–water partition coefficient (Wildman–Crippen LogP) is 2.41. The topological polar surface area (TPSA) is 24.5 Å². The van der Waals surface area contributed by atoms with Gasteiger partial charge in [0, 0.05) is 32.7 Å². The summed E-state index contributed by atoms with van der Waals surface area (Å²) in [5, 5.41) is 3.43. The van der Waals surface area contributed by atoms with Gasteiger partial charge in [-0.15, -0.1) is 0 Å². The standard InChI is InChI=1S/C17H24F2N2O/c1-22-11-14-10-21(12-17(14)4-6-20-7-5-17)9-13-2-3-15(18)16(19)8-13/h2-3,8,14,20H,4-7,9-12H2,1H3. The molecule has 1 N–H and O–H groups in total. The van der Waals surface area contributed by atoms with E-state index in [0.717, 1.165) is 51.2 Å². The monoisotopic (exact) mass is 310 g/mol. The van der Waals surface area contributed by atoms with Crippen LogP contribution in [0.25, 0.3) is 0 Å². The molecular weight excluding hydrogens is 286 g/mol. The molecule has 0 amide bonds. The highest BCUT2D eigenvalue weighted by Gasteiger charge is 2.46. The Kier molecular flexibility index (Phi) is 4.76. The van der Waals surface area contributed by atoms with Crippen LogP contribution in [0.5, 0.6) is 0 Å². The molecule has 122 valence electrons. The van der Waals surface area contributed by atoms with Crippen molar-refractivity contribution < 1.29 is 13.5 Å². The summed E-state index contributed by atoms with van der Waals surface area (Å²) in [6.45, 7) is 5.54. The lowest BCUT2D eigenvalue weighted by atomic mass is 9.71. The first-order valence-electron chi connectivity index (χ1n) is 7.99. The van der Waals surface area contributed by atoms with Crippen molar-refractivity contribution in [2.24, 2.45) is 11.3 Å². The normalized spacial score (nSPS) is 25.0. The largest absolute Gasteiger partial charge is 0.384 e. The molecule has 1 aromatic rings. The molecule has 2 aliphatic rings. The zero-order valence-corrected chi connectivity index (χ0v) is 13.1. The number of methoxy groups -OCH3 is 1. The zero-order valence-electron chi connectivity index (χ0n) is 13.1. The number of piperidine rings is 1. The first-order valence-corrected chi connectivity index (χ1v) is 7.99. The van der Waals surface area contributed by atoms with Gasteiger partial charge in [-0.3, -0.25) is 4.90 Å². The number of hydrogen-bond donors (Lipinski definition) is 1. The Morgan fingerprint density at radius 1 is 1.27 bits per heavy atom. The van der Waals surface area contributed by atoms with Crippen LogP contribution in [0.4, 0.5) is 8.78 Å². The van der Waals surface area contributed by atoms with Crippen LogP contribution in [0, 0.1) is 23.0 Å². The van der Waals surface area contributed by atoms with Gasteiger partial charge >= 0.3 is 0 Å². The van der Waals surface area contributed by atoms with Crippen LogP contribution in [0.2, 0.25) is 0 Å². The van der Waals surface area contributed by atoms with E-state index in [2.05, 4.69) is 10.2 Å². The maximum Gasteiger partial charge on any atom is 0.159 e. The molecule has 0 bridgehead atoms. The molecule has 22 heavy (non-hydrogen) atoms. The van der Waals surface area contributed by atoms with Gasteiger partial charge in [0.25, 0.3) is 0 Å². The molecule has 0 aliphatic carbocycles. The van der Waals surface area contributed by atoms with Crippen LogP contribution >= 0.6 is 0 Å². The highest BCUT2D eigenvalue weighted by molar-refractivity contribution is 5.18. The lowest BCUT2D eigenvalue weighted by Gasteiger charge is -2.38. The molecule has 1 aromatic carbocycles. The molecule has 0 radical (unpaired) electrons. The second-order valence-corrected chi connectivity index (χ2v) is 6.68. The predicted molar refractivity (Wildman–Crippen MR) is 81.5 cm³/mol. The summed E-state index contributed by atoms with van der Waals surface area (Å²) in [5.41, 5.74) is 1.14. The first kappa shape index (κ1) is 15.8. The summed E-state index contributed by atoms with van der Waals surface area (Å²) in [4.78, 5) is 2.36. The maximum absolute atomic E-state index is 13.4. The van der Waals surface area contributed by atoms with E-state index in [1.54, 1.807) is 13.2 Å². The van der Waals surface area contributed by atoms with Gasteiger partial charge in [-0.25, -0.2) is 8.78 Å². The third-order valence-electron chi connectivity index (χ3n) is 5.24. The average molecular weight is 310 g/mol. The van der Waals surface area contributed by atoms with Gasteiger partial charge in [-0.1, -0.05) is 6.07 Å². The SMILES string of the molecule is COCC1CN(Cc2ccc(F)c(F)c2)CC12CCNCC2. The minimum absolute atomic E-state index is 0.305. The van der Waals surface area contributed by atoms with Crippen LogP contribution in [0.1, 0.15) is 18.4 Å². The summed E-state index contributed by atoms with van der Waals surface area (Å²) in [6, 6.07) is 4.21. The van der Waals surface area contributed by atoms with Crippen LogP contribution in [-0.2, 0) is 11.3 Å². The Hall–Kier alpha value is -1.04. The average Bonchev–Trinajstić information content (AvgIpc) is 2.81. The van der Waals surface area contributed by atoms with Crippen molar-refractivity contribution in [2.75, 3.05) is 39.9 Å². The summed E-state index contributed by atoms with van der Waals surface area (Å²) in [6.07, 6.45) is 2.32. The van der Waals surface area contributed by atoms with E-state index in [1.807, 2.05) is 0 Å². The minimum Gasteiger partial charge on any atom is -0.384 e. The number of halogens is 2. The summed E-state index contributed by atoms with van der Waals surface area (Å²) >= 11 is 0. The zero-order chi connectivity index (χ0) is 15.6. The Morgan fingerprint density at radius 2 is 2.05 bits per heavy atom. The quantitative estimate of drug-likeness (QED) is 0.924. The number of likely N-dealkylation sites (tertiary alicyclic amines) is 1. The van der Waals surface area contributed by atoms with E-state index in [4.69, 9.17) is 4.74 Å². The van der Waals surface area contributed by atoms with Gasteiger partial charge in [0.1, 0.15) is 0 Å². The highest BCUT2D eigenvalue weighted by Crippen LogP contribution is 2.43. The van der Waals surface area contributed by atoms with Crippen molar-refractivity contribution in [1.82, 2.24) is 10.2 Å². The van der Waals surface area contributed by atoms with Gasteiger partial charge in [0.05, 0.1) is 6.61 Å². The van der Waals surface area contributed by atoms with E-state index in [9.17, 15) is 8.78 Å². The second kappa shape index (κ2) is 6.60. The lowest BCUT2D eigenvalue weighted by molar-refractivity contribution is 0.0716. The fraction of sp³-hybridized carbons (Fsp3) is 0.647. The number of ether oxygens (including phenoxy) is 1. The van der Waals surface area contributed by atoms with Crippen LogP contribution in [0.15, 0.2) is 18.2 Å². The smallest absolute Gasteiger partial charge is 0.159 e. The number of nitrogens with zero attached hydrogens (tertiary/aromatic N) is 1. The van der Waals surface area contributed by atoms with E-state index >= 15 is 0 Å². The van der Waals surface area contributed by atoms with E-state index in [0.29, 0.717) is 17.9 Å². The second-order valence-electron chi connectivity index (χ2n) is 6.68. The molecule has 0 saturated carbocycles. The molecule has 0 aromatic heterocycles. The first-order chi connectivity index (χ1) is 10.6. The number of nitrogens with one attached hydrogen (secondary N) is 1. The van der Waals surface area contributed by atoms with Crippen molar-refractivity contribution in [3.05, 3.63) is 35.4 Å². The van der Waals surface area contributed by atoms with Crippen molar-refractivity contribution in [1.29, 1.82) is 0 Å².